The number of benzene rings is 3. The second-order valence-corrected chi connectivity index (χ2v) is 10.0. The van der Waals surface area contributed by atoms with Gasteiger partial charge in [0.2, 0.25) is 5.91 Å². The van der Waals surface area contributed by atoms with Gasteiger partial charge in [-0.1, -0.05) is 48.2 Å². The summed E-state index contributed by atoms with van der Waals surface area (Å²) in [5.41, 5.74) is 3.34. The van der Waals surface area contributed by atoms with Crippen LogP contribution in [0.1, 0.15) is 49.4 Å². The van der Waals surface area contributed by atoms with Gasteiger partial charge in [0, 0.05) is 31.1 Å². The van der Waals surface area contributed by atoms with Crippen LogP contribution in [0.5, 0.6) is 0 Å². The number of nitrogens with one attached hydrogen (secondary N) is 1. The Morgan fingerprint density at radius 3 is 2.26 bits per heavy atom. The monoisotopic (exact) mass is 539 g/mol. The van der Waals surface area contributed by atoms with Gasteiger partial charge < -0.3 is 5.32 Å². The Balaban J connectivity index is 1.35. The van der Waals surface area contributed by atoms with E-state index in [9.17, 15) is 19.2 Å². The number of nitrogens with zero attached hydrogens (tertiary/aromatic N) is 4. The van der Waals surface area contributed by atoms with Gasteiger partial charge in [-0.3, -0.25) is 23.7 Å². The Morgan fingerprint density at radius 1 is 0.872 bits per heavy atom. The number of thioether (sulfide) groups is 1. The molecule has 0 unspecified atom stereocenters. The lowest BCUT2D eigenvalue weighted by Gasteiger charge is -2.15. The zero-order valence-electron chi connectivity index (χ0n) is 21.4. The molecule has 10 heteroatoms. The van der Waals surface area contributed by atoms with E-state index in [0.29, 0.717) is 46.3 Å². The van der Waals surface area contributed by atoms with Crippen LogP contribution in [0, 0.1) is 6.92 Å². The van der Waals surface area contributed by atoms with Crippen molar-refractivity contribution >= 4 is 41.0 Å². The molecule has 0 fully saturated rings. The van der Waals surface area contributed by atoms with Crippen molar-refractivity contribution in [2.45, 2.75) is 25.4 Å². The third-order valence-corrected chi connectivity index (χ3v) is 7.16. The normalized spacial score (nSPS) is 12.5. The fourth-order valence-electron chi connectivity index (χ4n) is 4.39. The summed E-state index contributed by atoms with van der Waals surface area (Å²) in [5.74, 6) is -0.393. The van der Waals surface area contributed by atoms with Crippen molar-refractivity contribution < 1.29 is 19.2 Å². The molecule has 0 atom stereocenters. The number of ketones is 1. The van der Waals surface area contributed by atoms with Gasteiger partial charge in [-0.15, -0.1) is 10.2 Å². The molecule has 1 aromatic heterocycles. The molecule has 3 amide bonds. The maximum absolute atomic E-state index is 13.2. The Labute approximate surface area is 229 Å². The highest BCUT2D eigenvalue weighted by Gasteiger charge is 2.36. The highest BCUT2D eigenvalue weighted by Crippen LogP contribution is 2.29. The minimum Gasteiger partial charge on any atom is -0.356 e. The molecule has 1 N–H and O–H groups in total. The summed E-state index contributed by atoms with van der Waals surface area (Å²) < 4.78 is 1.89. The van der Waals surface area contributed by atoms with Crippen LogP contribution < -0.4 is 10.2 Å². The SMILES string of the molecule is CC(=O)NCCc1nnc(SCC(=O)c2cccc(N3C(=O)c4ccccc4C3=O)c2)n1-c1cccc(C)c1. The Morgan fingerprint density at radius 2 is 1.56 bits per heavy atom. The van der Waals surface area contributed by atoms with Gasteiger partial charge in [-0.25, -0.2) is 4.90 Å². The van der Waals surface area contributed by atoms with E-state index in [1.807, 2.05) is 35.8 Å². The number of aromatic nitrogens is 3. The van der Waals surface area contributed by atoms with Gasteiger partial charge in [-0.05, 0) is 48.9 Å². The van der Waals surface area contributed by atoms with E-state index in [-0.39, 0.29) is 17.4 Å². The van der Waals surface area contributed by atoms with Crippen molar-refractivity contribution in [2.75, 3.05) is 17.2 Å². The Bertz CT molecular complexity index is 1580. The molecule has 0 radical (unpaired) electrons. The number of anilines is 1. The molecular weight excluding hydrogens is 514 g/mol. The zero-order chi connectivity index (χ0) is 27.5. The lowest BCUT2D eigenvalue weighted by molar-refractivity contribution is -0.118. The number of fused-ring (bicyclic) bond motifs is 1. The first-order valence-corrected chi connectivity index (χ1v) is 13.3. The number of carbonyl (C=O) groups excluding carboxylic acids is 4. The van der Waals surface area contributed by atoms with Crippen molar-refractivity contribution in [1.82, 2.24) is 20.1 Å². The fraction of sp³-hybridized carbons (Fsp3) is 0.172. The van der Waals surface area contributed by atoms with Crippen LogP contribution in [0.4, 0.5) is 5.69 Å². The Kier molecular flexibility index (Phi) is 7.38. The van der Waals surface area contributed by atoms with Crippen LogP contribution in [0.3, 0.4) is 0 Å². The minimum absolute atomic E-state index is 0.0707. The largest absolute Gasteiger partial charge is 0.356 e. The molecule has 3 aromatic carbocycles. The summed E-state index contributed by atoms with van der Waals surface area (Å²) in [7, 11) is 0. The maximum Gasteiger partial charge on any atom is 0.266 e. The summed E-state index contributed by atoms with van der Waals surface area (Å²) in [6.07, 6.45) is 0.470. The molecule has 0 saturated carbocycles. The minimum atomic E-state index is -0.410. The number of imide groups is 1. The van der Waals surface area contributed by atoms with E-state index < -0.39 is 11.8 Å². The van der Waals surface area contributed by atoms with Crippen LogP contribution in [0.25, 0.3) is 5.69 Å². The molecule has 0 aliphatic carbocycles. The molecule has 0 saturated heterocycles. The van der Waals surface area contributed by atoms with Gasteiger partial charge in [0.05, 0.1) is 22.6 Å². The van der Waals surface area contributed by atoms with E-state index in [1.54, 1.807) is 48.5 Å². The first-order chi connectivity index (χ1) is 18.8. The smallest absolute Gasteiger partial charge is 0.266 e. The number of rotatable bonds is 9. The predicted molar refractivity (Wildman–Crippen MR) is 148 cm³/mol. The van der Waals surface area contributed by atoms with E-state index in [2.05, 4.69) is 15.5 Å². The van der Waals surface area contributed by atoms with Crippen LogP contribution in [0.15, 0.2) is 78.0 Å². The van der Waals surface area contributed by atoms with Crippen LogP contribution in [0.2, 0.25) is 0 Å². The lowest BCUT2D eigenvalue weighted by atomic mass is 10.1. The molecular formula is C29H25N5O4S. The molecule has 1 aliphatic heterocycles. The van der Waals surface area contributed by atoms with Crippen LogP contribution in [-0.4, -0.2) is 50.6 Å². The van der Waals surface area contributed by atoms with Crippen molar-refractivity contribution in [2.24, 2.45) is 0 Å². The first kappa shape index (κ1) is 26.1. The summed E-state index contributed by atoms with van der Waals surface area (Å²) in [6, 6.07) is 21.1. The quantitative estimate of drug-likeness (QED) is 0.194. The highest BCUT2D eigenvalue weighted by molar-refractivity contribution is 7.99. The maximum atomic E-state index is 13.2. The van der Waals surface area contributed by atoms with E-state index in [1.165, 1.54) is 18.7 Å². The first-order valence-electron chi connectivity index (χ1n) is 12.3. The van der Waals surface area contributed by atoms with Gasteiger partial charge in [-0.2, -0.15) is 0 Å². The van der Waals surface area contributed by atoms with Crippen molar-refractivity contribution in [1.29, 1.82) is 0 Å². The van der Waals surface area contributed by atoms with E-state index >= 15 is 0 Å². The number of hydrogen-bond donors (Lipinski definition) is 1. The number of aryl methyl sites for hydroxylation is 1. The molecule has 1 aliphatic rings. The van der Waals surface area contributed by atoms with E-state index in [0.717, 1.165) is 16.2 Å². The third kappa shape index (κ3) is 5.37. The Hall–Kier alpha value is -4.57. The molecule has 0 spiro atoms. The van der Waals surface area contributed by atoms with Crippen molar-refractivity contribution in [3.63, 3.8) is 0 Å². The molecule has 2 heterocycles. The number of amides is 3. The molecule has 0 bridgehead atoms. The molecule has 5 rings (SSSR count). The average molecular weight is 540 g/mol. The summed E-state index contributed by atoms with van der Waals surface area (Å²) >= 11 is 1.25. The standard InChI is InChI=1S/C29H25N5O4S/c1-18-7-5-9-21(15-18)33-26(13-14-30-19(2)35)31-32-29(33)39-17-25(36)20-8-6-10-22(16-20)34-27(37)23-11-3-4-12-24(23)28(34)38/h3-12,15-16H,13-14,17H2,1-2H3,(H,30,35). The highest BCUT2D eigenvalue weighted by atomic mass is 32.2. The van der Waals surface area contributed by atoms with Crippen molar-refractivity contribution in [3.05, 3.63) is 101 Å². The molecule has 4 aromatic rings. The van der Waals surface area contributed by atoms with E-state index in [4.69, 9.17) is 0 Å². The predicted octanol–water partition coefficient (Wildman–Crippen LogP) is 4.03. The summed E-state index contributed by atoms with van der Waals surface area (Å²) in [4.78, 5) is 51.4. The van der Waals surface area contributed by atoms with Gasteiger partial charge in [0.15, 0.2) is 10.9 Å². The van der Waals surface area contributed by atoms with Gasteiger partial charge in [0.25, 0.3) is 11.8 Å². The second kappa shape index (κ2) is 11.0. The number of carbonyl (C=O) groups is 4. The number of hydrogen-bond acceptors (Lipinski definition) is 7. The summed E-state index contributed by atoms with van der Waals surface area (Å²) in [6.45, 7) is 3.86. The molecule has 9 nitrogen and oxygen atoms in total. The van der Waals surface area contributed by atoms with Crippen LogP contribution in [-0.2, 0) is 11.2 Å². The molecule has 39 heavy (non-hydrogen) atoms. The lowest BCUT2D eigenvalue weighted by Crippen LogP contribution is -2.29. The summed E-state index contributed by atoms with van der Waals surface area (Å²) in [5, 5.41) is 12.0. The third-order valence-electron chi connectivity index (χ3n) is 6.24. The topological polar surface area (TPSA) is 114 Å². The number of Topliss-reactive ketones (excluding diaryl/α,β-unsaturated/α-hetero) is 1. The molecule has 196 valence electrons. The van der Waals surface area contributed by atoms with Crippen molar-refractivity contribution in [3.8, 4) is 5.69 Å². The fourth-order valence-corrected chi connectivity index (χ4v) is 5.25. The average Bonchev–Trinajstić information content (AvgIpc) is 3.45. The van der Waals surface area contributed by atoms with Gasteiger partial charge in [0.1, 0.15) is 5.82 Å². The van der Waals surface area contributed by atoms with Gasteiger partial charge >= 0.3 is 0 Å². The van der Waals surface area contributed by atoms with Crippen LogP contribution >= 0.6 is 11.8 Å². The second-order valence-electron chi connectivity index (χ2n) is 9.06. The zero-order valence-corrected chi connectivity index (χ0v) is 22.2.